The third-order valence-electron chi connectivity index (χ3n) is 5.07. The number of esters is 1. The molecule has 154 valence electrons. The number of carbonyl (C=O) groups excluding carboxylic acids is 2. The summed E-state index contributed by atoms with van der Waals surface area (Å²) in [5, 5.41) is 5.18. The Morgan fingerprint density at radius 1 is 1.24 bits per heavy atom. The van der Waals surface area contributed by atoms with Gasteiger partial charge < -0.3 is 19.5 Å². The molecule has 0 spiro atoms. The molecule has 1 N–H and O–H groups in total. The number of likely N-dealkylation sites (tertiary alicyclic amines) is 1. The van der Waals surface area contributed by atoms with E-state index in [0.29, 0.717) is 30.4 Å². The van der Waals surface area contributed by atoms with Gasteiger partial charge in [0.15, 0.2) is 11.5 Å². The summed E-state index contributed by atoms with van der Waals surface area (Å²) in [5.41, 5.74) is 1.53. The monoisotopic (exact) mass is 416 g/mol. The summed E-state index contributed by atoms with van der Waals surface area (Å²) >= 11 is 1.32. The minimum atomic E-state index is -0.417. The number of ether oxygens (including phenoxy) is 3. The Balaban J connectivity index is 1.42. The first-order valence-corrected chi connectivity index (χ1v) is 10.7. The van der Waals surface area contributed by atoms with Crippen molar-refractivity contribution in [2.24, 2.45) is 0 Å². The zero-order valence-electron chi connectivity index (χ0n) is 16.3. The molecule has 1 unspecified atom stereocenters. The fourth-order valence-corrected chi connectivity index (χ4v) is 4.58. The minimum Gasteiger partial charge on any atom is -0.486 e. The van der Waals surface area contributed by atoms with Crippen LogP contribution in [0.5, 0.6) is 11.5 Å². The van der Waals surface area contributed by atoms with Crippen LogP contribution in [0.15, 0.2) is 29.6 Å². The first-order valence-electron chi connectivity index (χ1n) is 9.83. The molecule has 29 heavy (non-hydrogen) atoms. The quantitative estimate of drug-likeness (QED) is 0.727. The van der Waals surface area contributed by atoms with Crippen molar-refractivity contribution in [1.82, 2.24) is 4.90 Å². The Hall–Kier alpha value is -2.58. The van der Waals surface area contributed by atoms with E-state index < -0.39 is 5.97 Å². The molecule has 0 bridgehead atoms. The van der Waals surface area contributed by atoms with Gasteiger partial charge in [-0.2, -0.15) is 0 Å². The molecule has 0 saturated carbocycles. The van der Waals surface area contributed by atoms with Crippen LogP contribution in [0, 0.1) is 0 Å². The third kappa shape index (κ3) is 4.38. The lowest BCUT2D eigenvalue weighted by molar-refractivity contribution is -0.117. The normalized spacial score (nSPS) is 18.4. The molecule has 0 radical (unpaired) electrons. The topological polar surface area (TPSA) is 77.1 Å². The van der Waals surface area contributed by atoms with E-state index in [1.54, 1.807) is 18.4 Å². The molecular formula is C21H24N2O5S. The van der Waals surface area contributed by atoms with Crippen LogP contribution in [-0.4, -0.2) is 49.7 Å². The van der Waals surface area contributed by atoms with Gasteiger partial charge in [0.2, 0.25) is 5.91 Å². The van der Waals surface area contributed by atoms with E-state index >= 15 is 0 Å². The Morgan fingerprint density at radius 3 is 2.90 bits per heavy atom. The number of benzene rings is 1. The van der Waals surface area contributed by atoms with Gasteiger partial charge in [-0.25, -0.2) is 4.79 Å². The molecule has 4 rings (SSSR count). The average molecular weight is 416 g/mol. The molecule has 8 heteroatoms. The van der Waals surface area contributed by atoms with Gasteiger partial charge in [-0.1, -0.05) is 6.07 Å². The van der Waals surface area contributed by atoms with E-state index in [2.05, 4.69) is 10.2 Å². The lowest BCUT2D eigenvalue weighted by atomic mass is 10.0. The van der Waals surface area contributed by atoms with Crippen LogP contribution in [-0.2, 0) is 9.53 Å². The predicted molar refractivity (Wildman–Crippen MR) is 110 cm³/mol. The van der Waals surface area contributed by atoms with Crippen LogP contribution in [0.2, 0.25) is 0 Å². The Kier molecular flexibility index (Phi) is 6.01. The molecule has 2 aliphatic heterocycles. The van der Waals surface area contributed by atoms with Gasteiger partial charge in [-0.3, -0.25) is 9.69 Å². The van der Waals surface area contributed by atoms with E-state index in [1.807, 2.05) is 18.2 Å². The summed E-state index contributed by atoms with van der Waals surface area (Å²) in [7, 11) is 0. The van der Waals surface area contributed by atoms with Gasteiger partial charge >= 0.3 is 5.97 Å². The molecule has 2 aliphatic rings. The van der Waals surface area contributed by atoms with Crippen molar-refractivity contribution in [1.29, 1.82) is 0 Å². The second-order valence-corrected chi connectivity index (χ2v) is 7.88. The van der Waals surface area contributed by atoms with Crippen LogP contribution in [0.25, 0.3) is 0 Å². The highest BCUT2D eigenvalue weighted by atomic mass is 32.1. The number of hydrogen-bond donors (Lipinski definition) is 1. The molecule has 1 atom stereocenters. The van der Waals surface area contributed by atoms with Crippen molar-refractivity contribution in [3.8, 4) is 11.5 Å². The maximum absolute atomic E-state index is 12.7. The van der Waals surface area contributed by atoms with E-state index in [1.165, 1.54) is 11.3 Å². The number of nitrogens with zero attached hydrogens (tertiary/aromatic N) is 1. The number of hydrogen-bond acceptors (Lipinski definition) is 7. The molecule has 1 fully saturated rings. The SMILES string of the molecule is CCOC(=O)c1ccsc1NC(=O)CN1CCCC1c1ccc2c(c1)OCCO2. The van der Waals surface area contributed by atoms with E-state index in [-0.39, 0.29) is 18.5 Å². The number of amides is 1. The second-order valence-electron chi connectivity index (χ2n) is 6.96. The van der Waals surface area contributed by atoms with Crippen LogP contribution in [0.1, 0.15) is 41.7 Å². The van der Waals surface area contributed by atoms with Crippen molar-refractivity contribution in [2.45, 2.75) is 25.8 Å². The largest absolute Gasteiger partial charge is 0.486 e. The van der Waals surface area contributed by atoms with Crippen molar-refractivity contribution < 1.29 is 23.8 Å². The highest BCUT2D eigenvalue weighted by Gasteiger charge is 2.29. The highest BCUT2D eigenvalue weighted by Crippen LogP contribution is 2.38. The fourth-order valence-electron chi connectivity index (χ4n) is 3.79. The van der Waals surface area contributed by atoms with Crippen molar-refractivity contribution in [3.05, 3.63) is 40.8 Å². The molecule has 2 aromatic rings. The number of nitrogens with one attached hydrogen (secondary N) is 1. The maximum atomic E-state index is 12.7. The molecule has 3 heterocycles. The molecule has 1 aromatic carbocycles. The molecular weight excluding hydrogens is 392 g/mol. The molecule has 1 saturated heterocycles. The predicted octanol–water partition coefficient (Wildman–Crippen LogP) is 3.47. The summed E-state index contributed by atoms with van der Waals surface area (Å²) in [6, 6.07) is 7.84. The van der Waals surface area contributed by atoms with Gasteiger partial charge in [-0.05, 0) is 55.5 Å². The number of carbonyl (C=O) groups is 2. The summed E-state index contributed by atoms with van der Waals surface area (Å²) in [6.07, 6.45) is 2.01. The van der Waals surface area contributed by atoms with Gasteiger partial charge in [0.1, 0.15) is 18.2 Å². The Morgan fingerprint density at radius 2 is 2.07 bits per heavy atom. The Bertz CT molecular complexity index is 897. The van der Waals surface area contributed by atoms with Crippen molar-refractivity contribution in [3.63, 3.8) is 0 Å². The van der Waals surface area contributed by atoms with Crippen molar-refractivity contribution >= 4 is 28.2 Å². The molecule has 0 aliphatic carbocycles. The fraction of sp³-hybridized carbons (Fsp3) is 0.429. The van der Waals surface area contributed by atoms with E-state index in [9.17, 15) is 9.59 Å². The Labute approximate surface area is 173 Å². The molecule has 7 nitrogen and oxygen atoms in total. The zero-order chi connectivity index (χ0) is 20.2. The van der Waals surface area contributed by atoms with Crippen LogP contribution < -0.4 is 14.8 Å². The standard InChI is InChI=1S/C21H24N2O5S/c1-2-26-21(25)15-7-11-29-20(15)22-19(24)13-23-8-3-4-16(23)14-5-6-17-18(12-14)28-10-9-27-17/h5-7,11-12,16H,2-4,8-10,13H2,1H3,(H,22,24). The average Bonchev–Trinajstić information content (AvgIpc) is 3.37. The number of rotatable bonds is 6. The van der Waals surface area contributed by atoms with Crippen molar-refractivity contribution in [2.75, 3.05) is 38.2 Å². The lowest BCUT2D eigenvalue weighted by Gasteiger charge is -2.26. The number of anilines is 1. The summed E-state index contributed by atoms with van der Waals surface area (Å²) in [4.78, 5) is 26.8. The number of thiophene rings is 1. The summed E-state index contributed by atoms with van der Waals surface area (Å²) < 4.78 is 16.3. The second kappa shape index (κ2) is 8.84. The summed E-state index contributed by atoms with van der Waals surface area (Å²) in [6.45, 7) is 4.29. The van der Waals surface area contributed by atoms with Crippen LogP contribution in [0.4, 0.5) is 5.00 Å². The maximum Gasteiger partial charge on any atom is 0.341 e. The minimum absolute atomic E-state index is 0.137. The first-order chi connectivity index (χ1) is 14.2. The third-order valence-corrected chi connectivity index (χ3v) is 5.90. The number of fused-ring (bicyclic) bond motifs is 1. The van der Waals surface area contributed by atoms with Gasteiger partial charge in [0.05, 0.1) is 18.7 Å². The molecule has 1 amide bonds. The van der Waals surface area contributed by atoms with Gasteiger partial charge in [0, 0.05) is 6.04 Å². The lowest BCUT2D eigenvalue weighted by Crippen LogP contribution is -2.33. The highest BCUT2D eigenvalue weighted by molar-refractivity contribution is 7.14. The van der Waals surface area contributed by atoms with Gasteiger partial charge in [-0.15, -0.1) is 11.3 Å². The van der Waals surface area contributed by atoms with Crippen LogP contribution in [0.3, 0.4) is 0 Å². The van der Waals surface area contributed by atoms with Crippen LogP contribution >= 0.6 is 11.3 Å². The first kappa shape index (κ1) is 19.7. The van der Waals surface area contributed by atoms with E-state index in [0.717, 1.165) is 36.4 Å². The molecule has 1 aromatic heterocycles. The smallest absolute Gasteiger partial charge is 0.341 e. The van der Waals surface area contributed by atoms with Gasteiger partial charge in [0.25, 0.3) is 0 Å². The van der Waals surface area contributed by atoms with E-state index in [4.69, 9.17) is 14.2 Å². The zero-order valence-corrected chi connectivity index (χ0v) is 17.1. The summed E-state index contributed by atoms with van der Waals surface area (Å²) in [5.74, 6) is 0.982.